The summed E-state index contributed by atoms with van der Waals surface area (Å²) < 4.78 is 0. The van der Waals surface area contributed by atoms with E-state index in [0.29, 0.717) is 19.4 Å². The van der Waals surface area contributed by atoms with Crippen molar-refractivity contribution in [1.82, 2.24) is 10.2 Å². The molecule has 2 amide bonds. The van der Waals surface area contributed by atoms with Crippen molar-refractivity contribution in [2.24, 2.45) is 5.41 Å². The molecule has 1 atom stereocenters. The predicted molar refractivity (Wildman–Crippen MR) is 81.3 cm³/mol. The van der Waals surface area contributed by atoms with Gasteiger partial charge in [-0.2, -0.15) is 0 Å². The fourth-order valence-corrected chi connectivity index (χ4v) is 3.00. The number of unbranched alkanes of at least 4 members (excludes halogenated alkanes) is 1. The van der Waals surface area contributed by atoms with Gasteiger partial charge in [-0.25, -0.2) is 0 Å². The molecule has 0 aromatic carbocycles. The van der Waals surface area contributed by atoms with Gasteiger partial charge in [0.2, 0.25) is 11.8 Å². The van der Waals surface area contributed by atoms with E-state index in [1.165, 1.54) is 0 Å². The van der Waals surface area contributed by atoms with Crippen LogP contribution in [0.3, 0.4) is 0 Å². The normalized spacial score (nSPS) is 22.9. The number of carbonyl (C=O) groups excluding carboxylic acids is 2. The number of hydrogen-bond acceptors (Lipinski definition) is 2. The van der Waals surface area contributed by atoms with Crippen molar-refractivity contribution in [3.63, 3.8) is 0 Å². The van der Waals surface area contributed by atoms with E-state index in [-0.39, 0.29) is 17.2 Å². The van der Waals surface area contributed by atoms with Crippen LogP contribution in [-0.2, 0) is 9.59 Å². The van der Waals surface area contributed by atoms with Crippen molar-refractivity contribution in [3.8, 4) is 0 Å². The number of nitrogens with zero attached hydrogens (tertiary/aromatic N) is 1. The Kier molecular flexibility index (Phi) is 5.22. The molecule has 0 saturated carbocycles. The topological polar surface area (TPSA) is 49.4 Å². The Balaban J connectivity index is 3.17. The second-order valence-electron chi connectivity index (χ2n) is 6.85. The molecule has 1 N–H and O–H groups in total. The number of carbonyl (C=O) groups is 2. The van der Waals surface area contributed by atoms with E-state index in [1.54, 1.807) is 0 Å². The van der Waals surface area contributed by atoms with Crippen molar-refractivity contribution in [2.45, 2.75) is 78.8 Å². The Morgan fingerprint density at radius 2 is 1.70 bits per heavy atom. The van der Waals surface area contributed by atoms with E-state index >= 15 is 0 Å². The maximum atomic E-state index is 12.9. The third-order valence-electron chi connectivity index (χ3n) is 4.50. The average molecular weight is 282 g/mol. The Bertz CT molecular complexity index is 367. The summed E-state index contributed by atoms with van der Waals surface area (Å²) in [6.45, 7) is 12.8. The van der Waals surface area contributed by atoms with Gasteiger partial charge >= 0.3 is 0 Å². The maximum Gasteiger partial charge on any atom is 0.246 e. The lowest BCUT2D eigenvalue weighted by atomic mass is 9.79. The van der Waals surface area contributed by atoms with E-state index in [1.807, 2.05) is 39.5 Å². The van der Waals surface area contributed by atoms with Crippen LogP contribution in [0.4, 0.5) is 0 Å². The first kappa shape index (κ1) is 17.0. The molecule has 0 bridgehead atoms. The quantitative estimate of drug-likeness (QED) is 0.843. The van der Waals surface area contributed by atoms with Crippen LogP contribution in [0.2, 0.25) is 0 Å². The fourth-order valence-electron chi connectivity index (χ4n) is 3.00. The van der Waals surface area contributed by atoms with Gasteiger partial charge in [0.25, 0.3) is 0 Å². The van der Waals surface area contributed by atoms with E-state index in [9.17, 15) is 9.59 Å². The van der Waals surface area contributed by atoms with Gasteiger partial charge in [0.05, 0.1) is 0 Å². The zero-order chi connectivity index (χ0) is 15.6. The van der Waals surface area contributed by atoms with E-state index in [2.05, 4.69) is 12.2 Å². The summed E-state index contributed by atoms with van der Waals surface area (Å²) in [6.07, 6.45) is 3.30. The fraction of sp³-hybridized carbons (Fsp3) is 0.875. The minimum absolute atomic E-state index is 0.0122. The minimum atomic E-state index is -0.659. The van der Waals surface area contributed by atoms with Crippen LogP contribution in [0.1, 0.15) is 67.2 Å². The largest absolute Gasteiger partial charge is 0.342 e. The molecule has 1 aliphatic rings. The highest BCUT2D eigenvalue weighted by atomic mass is 16.2. The Hall–Kier alpha value is -1.06. The van der Waals surface area contributed by atoms with Crippen LogP contribution in [0.5, 0.6) is 0 Å². The monoisotopic (exact) mass is 282 g/mol. The molecule has 0 spiro atoms. The zero-order valence-electron chi connectivity index (χ0n) is 13.9. The van der Waals surface area contributed by atoms with E-state index in [0.717, 1.165) is 12.8 Å². The third-order valence-corrected chi connectivity index (χ3v) is 4.50. The van der Waals surface area contributed by atoms with E-state index < -0.39 is 11.6 Å². The maximum absolute atomic E-state index is 12.9. The number of rotatable bonds is 5. The van der Waals surface area contributed by atoms with Gasteiger partial charge in [-0.3, -0.25) is 9.59 Å². The Morgan fingerprint density at radius 3 is 2.10 bits per heavy atom. The van der Waals surface area contributed by atoms with Gasteiger partial charge in [0.15, 0.2) is 0 Å². The highest BCUT2D eigenvalue weighted by Gasteiger charge is 2.52. The molecule has 1 rings (SSSR count). The first-order chi connectivity index (χ1) is 9.24. The molecule has 116 valence electrons. The Labute approximate surface area is 123 Å². The number of piperazine rings is 1. The molecule has 1 fully saturated rings. The molecule has 1 unspecified atom stereocenters. The van der Waals surface area contributed by atoms with Crippen molar-refractivity contribution >= 4 is 11.8 Å². The number of hydrogen-bond donors (Lipinski definition) is 1. The summed E-state index contributed by atoms with van der Waals surface area (Å²) in [5.74, 6) is 0.0902. The molecule has 4 nitrogen and oxygen atoms in total. The summed E-state index contributed by atoms with van der Waals surface area (Å²) >= 11 is 0. The van der Waals surface area contributed by atoms with Crippen LogP contribution in [0, 0.1) is 5.41 Å². The summed E-state index contributed by atoms with van der Waals surface area (Å²) in [6, 6.07) is -0.418. The minimum Gasteiger partial charge on any atom is -0.342 e. The number of amides is 2. The summed E-state index contributed by atoms with van der Waals surface area (Å²) in [5.41, 5.74) is -0.918. The molecule has 20 heavy (non-hydrogen) atoms. The summed E-state index contributed by atoms with van der Waals surface area (Å²) in [7, 11) is 0. The van der Waals surface area contributed by atoms with Gasteiger partial charge in [-0.1, -0.05) is 48.0 Å². The van der Waals surface area contributed by atoms with Gasteiger partial charge in [0, 0.05) is 6.54 Å². The lowest BCUT2D eigenvalue weighted by Gasteiger charge is -2.50. The van der Waals surface area contributed by atoms with Crippen molar-refractivity contribution in [3.05, 3.63) is 0 Å². The van der Waals surface area contributed by atoms with Crippen molar-refractivity contribution < 1.29 is 9.59 Å². The second kappa shape index (κ2) is 6.15. The third kappa shape index (κ3) is 2.84. The molecular weight excluding hydrogens is 252 g/mol. The molecule has 0 aliphatic carbocycles. The standard InChI is InChI=1S/C16H30N2O2/c1-7-10-11-18-13(19)12(15(4,5)6)17-14(20)16(18,8-2)9-3/h12H,7-11H2,1-6H3,(H,17,20). The Morgan fingerprint density at radius 1 is 1.15 bits per heavy atom. The molecule has 1 saturated heterocycles. The highest BCUT2D eigenvalue weighted by molar-refractivity contribution is 6.00. The lowest BCUT2D eigenvalue weighted by molar-refractivity contribution is -0.161. The van der Waals surface area contributed by atoms with Crippen molar-refractivity contribution in [1.29, 1.82) is 0 Å². The van der Waals surface area contributed by atoms with Gasteiger partial charge in [-0.15, -0.1) is 0 Å². The molecule has 0 aromatic heterocycles. The highest BCUT2D eigenvalue weighted by Crippen LogP contribution is 2.33. The molecule has 1 aliphatic heterocycles. The van der Waals surface area contributed by atoms with Crippen molar-refractivity contribution in [2.75, 3.05) is 6.54 Å². The number of nitrogens with one attached hydrogen (secondary N) is 1. The van der Waals surface area contributed by atoms with Crippen LogP contribution in [-0.4, -0.2) is 34.8 Å². The molecular formula is C16H30N2O2. The SMILES string of the molecule is CCCCN1C(=O)C(C(C)(C)C)NC(=O)C1(CC)CC. The zero-order valence-corrected chi connectivity index (χ0v) is 13.9. The summed E-state index contributed by atoms with van der Waals surface area (Å²) in [4.78, 5) is 27.4. The van der Waals surface area contributed by atoms with E-state index in [4.69, 9.17) is 0 Å². The van der Waals surface area contributed by atoms with Gasteiger partial charge in [-0.05, 0) is 24.7 Å². The summed E-state index contributed by atoms with van der Waals surface area (Å²) in [5, 5.41) is 2.98. The predicted octanol–water partition coefficient (Wildman–Crippen LogP) is 2.72. The van der Waals surface area contributed by atoms with Gasteiger partial charge < -0.3 is 10.2 Å². The molecule has 0 radical (unpaired) electrons. The smallest absolute Gasteiger partial charge is 0.246 e. The second-order valence-corrected chi connectivity index (χ2v) is 6.85. The van der Waals surface area contributed by atoms with Crippen LogP contribution >= 0.6 is 0 Å². The average Bonchev–Trinajstić information content (AvgIpc) is 2.38. The van der Waals surface area contributed by atoms with Gasteiger partial charge in [0.1, 0.15) is 11.6 Å². The molecule has 0 aromatic rings. The van der Waals surface area contributed by atoms with Crippen LogP contribution in [0.25, 0.3) is 0 Å². The van der Waals surface area contributed by atoms with Crippen LogP contribution in [0.15, 0.2) is 0 Å². The lowest BCUT2D eigenvalue weighted by Crippen LogP contribution is -2.72. The first-order valence-corrected chi connectivity index (χ1v) is 7.87. The first-order valence-electron chi connectivity index (χ1n) is 7.87. The molecule has 1 heterocycles. The molecule has 4 heteroatoms. The van der Waals surface area contributed by atoms with Crippen LogP contribution < -0.4 is 5.32 Å².